The molecule has 0 aromatic heterocycles. The van der Waals surface area contributed by atoms with Gasteiger partial charge >= 0.3 is 0 Å². The van der Waals surface area contributed by atoms with Crippen molar-refractivity contribution in [1.29, 1.82) is 0 Å². The van der Waals surface area contributed by atoms with Crippen LogP contribution in [0.1, 0.15) is 99.8 Å². The minimum absolute atomic E-state index is 0. The minimum atomic E-state index is -0.266. The predicted octanol–water partition coefficient (Wildman–Crippen LogP) is 5.94. The van der Waals surface area contributed by atoms with Crippen LogP contribution in [0.2, 0.25) is 0 Å². The summed E-state index contributed by atoms with van der Waals surface area (Å²) in [5.41, 5.74) is 14.9. The molecule has 10 N–H and O–H groups in total. The number of ether oxygens (including phenoxy) is 3. The second-order valence-electron chi connectivity index (χ2n) is 9.70. The van der Waals surface area contributed by atoms with Gasteiger partial charge < -0.3 is 56.6 Å². The number of hydrogen-bond donors (Lipinski definition) is 6. The van der Waals surface area contributed by atoms with Crippen LogP contribution in [0.5, 0.6) is 0 Å². The lowest BCUT2D eigenvalue weighted by Crippen LogP contribution is -2.31. The fourth-order valence-corrected chi connectivity index (χ4v) is 3.99. The highest BCUT2D eigenvalue weighted by Gasteiger charge is 2.21. The van der Waals surface area contributed by atoms with E-state index in [4.69, 9.17) is 40.7 Å². The quantitative estimate of drug-likeness (QED) is 0.0232. The number of rotatable bonds is 24. The zero-order chi connectivity index (χ0) is 37.3. The Bertz CT molecular complexity index is 823. The number of hydrogen-bond acceptors (Lipinski definition) is 10. The van der Waals surface area contributed by atoms with E-state index in [2.05, 4.69) is 24.9 Å². The molecule has 0 spiro atoms. The smallest absolute Gasteiger partial charge is 0.149 e. The van der Waals surface area contributed by atoms with Gasteiger partial charge in [0.2, 0.25) is 0 Å². The van der Waals surface area contributed by atoms with Crippen LogP contribution in [-0.2, 0) is 19.0 Å². The largest absolute Gasteiger partial charge is 0.506 e. The van der Waals surface area contributed by atoms with Crippen molar-refractivity contribution >= 4 is 6.79 Å². The number of carbonyl (C=O) groups is 1. The molecule has 286 valence electrons. The summed E-state index contributed by atoms with van der Waals surface area (Å²) < 4.78 is 16.9. The van der Waals surface area contributed by atoms with Crippen LogP contribution in [0, 0.1) is 0 Å². The maximum atomic E-state index is 10.6. The van der Waals surface area contributed by atoms with E-state index >= 15 is 0 Å². The third-order valence-corrected chi connectivity index (χ3v) is 6.14. The zero-order valence-corrected chi connectivity index (χ0v) is 31.9. The number of nitrogens with two attached hydrogens (primary N) is 2. The molecule has 0 bridgehead atoms. The molecule has 48 heavy (non-hydrogen) atoms. The van der Waals surface area contributed by atoms with Crippen molar-refractivity contribution in [3.8, 4) is 0 Å². The maximum absolute atomic E-state index is 10.6. The Labute approximate surface area is 293 Å². The Hall–Kier alpha value is -2.61. The first-order valence-electron chi connectivity index (χ1n) is 16.8. The summed E-state index contributed by atoms with van der Waals surface area (Å²) in [6.45, 7) is 21.5. The molecule has 0 fully saturated rings. The third kappa shape index (κ3) is 36.2. The molecule has 0 aliphatic heterocycles. The lowest BCUT2D eigenvalue weighted by molar-refractivity contribution is -0.107. The summed E-state index contributed by atoms with van der Waals surface area (Å²) in [5, 5.41) is 30.0. The molecule has 0 unspecified atom stereocenters. The molecule has 0 aliphatic rings. The lowest BCUT2D eigenvalue weighted by atomic mass is 9.99. The Balaban J connectivity index is -0.000000452. The Morgan fingerprint density at radius 3 is 2.06 bits per heavy atom. The molecule has 0 saturated carbocycles. The SMILES string of the molecule is C=CCNCCC/C(CCCCCC/C=C(\C)[C@H](OCOCN)[C@H](/C=C\C=C(C)C)OC)=C(O)\C(N)=C/CO.C=O.CC.CC.CO.O. The fraction of sp³-hybridized carbons (Fsp3) is 0.649. The van der Waals surface area contributed by atoms with E-state index < -0.39 is 0 Å². The van der Waals surface area contributed by atoms with Crippen molar-refractivity contribution in [3.63, 3.8) is 0 Å². The van der Waals surface area contributed by atoms with Crippen molar-refractivity contribution in [1.82, 2.24) is 5.32 Å². The van der Waals surface area contributed by atoms with E-state index in [0.717, 1.165) is 82.7 Å². The highest BCUT2D eigenvalue weighted by Crippen LogP contribution is 2.22. The molecular formula is C37H75N3O8. The molecule has 0 heterocycles. The van der Waals surface area contributed by atoms with Gasteiger partial charge in [-0.3, -0.25) is 0 Å². The Morgan fingerprint density at radius 1 is 0.958 bits per heavy atom. The predicted molar refractivity (Wildman–Crippen MR) is 204 cm³/mol. The number of nitrogens with one attached hydrogen (secondary N) is 1. The van der Waals surface area contributed by atoms with Gasteiger partial charge in [-0.1, -0.05) is 76.5 Å². The molecule has 11 heteroatoms. The summed E-state index contributed by atoms with van der Waals surface area (Å²) in [6.07, 6.45) is 18.5. The van der Waals surface area contributed by atoms with Crippen molar-refractivity contribution in [3.05, 3.63) is 71.2 Å². The van der Waals surface area contributed by atoms with Gasteiger partial charge in [0.05, 0.1) is 19.0 Å². The molecule has 0 aromatic carbocycles. The van der Waals surface area contributed by atoms with E-state index in [0.29, 0.717) is 0 Å². The number of allylic oxidation sites excluding steroid dienone is 5. The van der Waals surface area contributed by atoms with Crippen molar-refractivity contribution in [2.24, 2.45) is 11.5 Å². The number of methoxy groups -OCH3 is 1. The van der Waals surface area contributed by atoms with Gasteiger partial charge in [-0.15, -0.1) is 6.58 Å². The molecule has 0 amide bonds. The van der Waals surface area contributed by atoms with E-state index in [1.807, 2.05) is 72.6 Å². The average Bonchev–Trinajstić information content (AvgIpc) is 3.10. The average molecular weight is 690 g/mol. The molecular weight excluding hydrogens is 614 g/mol. The van der Waals surface area contributed by atoms with Crippen molar-refractivity contribution < 1.29 is 39.8 Å². The van der Waals surface area contributed by atoms with Gasteiger partial charge in [-0.2, -0.15) is 0 Å². The van der Waals surface area contributed by atoms with Gasteiger partial charge in [0.15, 0.2) is 0 Å². The van der Waals surface area contributed by atoms with E-state index in [1.54, 1.807) is 7.11 Å². The first-order chi connectivity index (χ1) is 22.8. The third-order valence-electron chi connectivity index (χ3n) is 6.14. The fourth-order valence-electron chi connectivity index (χ4n) is 3.99. The van der Waals surface area contributed by atoms with Crippen LogP contribution < -0.4 is 16.8 Å². The van der Waals surface area contributed by atoms with Crippen LogP contribution in [0.4, 0.5) is 0 Å². The molecule has 0 rings (SSSR count). The van der Waals surface area contributed by atoms with Gasteiger partial charge in [-0.05, 0) is 83.1 Å². The molecule has 11 nitrogen and oxygen atoms in total. The molecule has 2 atom stereocenters. The van der Waals surface area contributed by atoms with Crippen LogP contribution >= 0.6 is 0 Å². The standard InChI is InChI=1S/C31H55N3O5.2C2H6.CH4O.CH2O.H2O/c1-6-20-34-21-13-17-27(30(36)28(33)19-22-35)16-11-9-7-8-10-15-26(4)31(39-24-38-23-32)29(37-5)18-12-14-25(2)3;4*1-2;/h6,12,14-15,18-19,29,31,34-36H,1,7-11,13,16-17,20-24,32-33H2,2-5H3;2*1-2H3;2H,1H3;1H2;1H2/b18-12-,26-15+,28-19+,30-27+;;;;;/t29-,31-;;;;;/m0...../s1. The lowest BCUT2D eigenvalue weighted by Gasteiger charge is -2.25. The molecule has 0 saturated heterocycles. The van der Waals surface area contributed by atoms with Crippen LogP contribution in [-0.4, -0.2) is 87.2 Å². The van der Waals surface area contributed by atoms with E-state index in [9.17, 15) is 5.11 Å². The van der Waals surface area contributed by atoms with Crippen LogP contribution in [0.3, 0.4) is 0 Å². The van der Waals surface area contributed by atoms with Gasteiger partial charge in [0, 0.05) is 20.8 Å². The number of unbranched alkanes of at least 4 members (excludes halogenated alkanes) is 4. The summed E-state index contributed by atoms with van der Waals surface area (Å²) in [4.78, 5) is 8.00. The number of aliphatic hydroxyl groups is 3. The highest BCUT2D eigenvalue weighted by molar-refractivity contribution is 5.27. The second-order valence-corrected chi connectivity index (χ2v) is 9.70. The maximum Gasteiger partial charge on any atom is 0.149 e. The van der Waals surface area contributed by atoms with E-state index in [1.165, 1.54) is 11.6 Å². The summed E-state index contributed by atoms with van der Waals surface area (Å²) >= 11 is 0. The molecule has 0 aromatic rings. The number of aliphatic hydroxyl groups excluding tert-OH is 3. The van der Waals surface area contributed by atoms with Crippen LogP contribution in [0.25, 0.3) is 0 Å². The summed E-state index contributed by atoms with van der Waals surface area (Å²) in [7, 11) is 2.68. The van der Waals surface area contributed by atoms with E-state index in [-0.39, 0.29) is 49.3 Å². The van der Waals surface area contributed by atoms with Gasteiger partial charge in [0.1, 0.15) is 31.5 Å². The molecule has 0 aliphatic carbocycles. The minimum Gasteiger partial charge on any atom is -0.506 e. The topological polar surface area (TPSA) is 201 Å². The van der Waals surface area contributed by atoms with Gasteiger partial charge in [-0.25, -0.2) is 0 Å². The Kier molecular flexibility index (Phi) is 58.6. The first-order valence-corrected chi connectivity index (χ1v) is 16.8. The summed E-state index contributed by atoms with van der Waals surface area (Å²) in [5.74, 6) is 0.113. The second kappa shape index (κ2) is 48.8. The first kappa shape index (κ1) is 57.6. The monoisotopic (exact) mass is 690 g/mol. The Morgan fingerprint density at radius 2 is 1.54 bits per heavy atom. The highest BCUT2D eigenvalue weighted by atomic mass is 16.7. The van der Waals surface area contributed by atoms with Crippen molar-refractivity contribution in [2.75, 3.05) is 47.4 Å². The summed E-state index contributed by atoms with van der Waals surface area (Å²) in [6, 6.07) is 0. The van der Waals surface area contributed by atoms with Crippen molar-refractivity contribution in [2.45, 2.75) is 112 Å². The molecule has 0 radical (unpaired) electrons. The normalized spacial score (nSPS) is 12.5. The van der Waals surface area contributed by atoms with Gasteiger partial charge in [0.25, 0.3) is 0 Å². The number of carbonyl (C=O) groups excluding carboxylic acids is 1. The van der Waals surface area contributed by atoms with Crippen LogP contribution in [0.15, 0.2) is 71.2 Å². The zero-order valence-electron chi connectivity index (χ0n) is 31.9.